The molecule has 2 rings (SSSR count). The Morgan fingerprint density at radius 1 is 1.64 bits per heavy atom. The topological polar surface area (TPSA) is 33.0 Å². The maximum Gasteiger partial charge on any atom is 0.107 e. The molecule has 1 aromatic rings. The van der Waals surface area contributed by atoms with E-state index in [9.17, 15) is 0 Å². The van der Waals surface area contributed by atoms with E-state index in [1.165, 1.54) is 0 Å². The molecular weight excluding hydrogens is 262 g/mol. The van der Waals surface area contributed by atoms with E-state index in [1.54, 1.807) is 11.3 Å². The number of halogens is 1. The maximum atomic E-state index is 8.99. The SMILES string of the molecule is N#CC1CCCOC1c1cc(Br)cs1. The van der Waals surface area contributed by atoms with Gasteiger partial charge in [-0.25, -0.2) is 0 Å². The molecule has 2 heterocycles. The van der Waals surface area contributed by atoms with E-state index < -0.39 is 0 Å². The van der Waals surface area contributed by atoms with E-state index in [-0.39, 0.29) is 12.0 Å². The molecule has 0 bridgehead atoms. The summed E-state index contributed by atoms with van der Waals surface area (Å²) in [6, 6.07) is 4.37. The highest BCUT2D eigenvalue weighted by Crippen LogP contribution is 2.37. The van der Waals surface area contributed by atoms with Crippen LogP contribution in [0.25, 0.3) is 0 Å². The third-order valence-electron chi connectivity index (χ3n) is 2.36. The Labute approximate surface area is 95.6 Å². The second-order valence-electron chi connectivity index (χ2n) is 3.34. The molecule has 1 saturated heterocycles. The van der Waals surface area contributed by atoms with Crippen molar-refractivity contribution in [2.24, 2.45) is 5.92 Å². The van der Waals surface area contributed by atoms with E-state index >= 15 is 0 Å². The van der Waals surface area contributed by atoms with E-state index in [4.69, 9.17) is 10.00 Å². The molecule has 0 saturated carbocycles. The van der Waals surface area contributed by atoms with Crippen molar-refractivity contribution in [3.05, 3.63) is 20.8 Å². The van der Waals surface area contributed by atoms with Crippen molar-refractivity contribution < 1.29 is 4.74 Å². The Hall–Kier alpha value is -0.370. The first-order valence-electron chi connectivity index (χ1n) is 4.56. The number of hydrogen-bond acceptors (Lipinski definition) is 3. The zero-order valence-electron chi connectivity index (χ0n) is 7.57. The van der Waals surface area contributed by atoms with Crippen LogP contribution in [0, 0.1) is 17.2 Å². The Kier molecular flexibility index (Phi) is 3.22. The average molecular weight is 272 g/mol. The number of ether oxygens (including phenoxy) is 1. The molecule has 14 heavy (non-hydrogen) atoms. The van der Waals surface area contributed by atoms with Crippen LogP contribution in [0.3, 0.4) is 0 Å². The summed E-state index contributed by atoms with van der Waals surface area (Å²) in [5.41, 5.74) is 0. The van der Waals surface area contributed by atoms with Gasteiger partial charge in [-0.05, 0) is 34.8 Å². The van der Waals surface area contributed by atoms with Gasteiger partial charge in [0.1, 0.15) is 6.10 Å². The zero-order chi connectivity index (χ0) is 9.97. The summed E-state index contributed by atoms with van der Waals surface area (Å²) in [4.78, 5) is 1.16. The molecule has 2 unspecified atom stereocenters. The van der Waals surface area contributed by atoms with Crippen molar-refractivity contribution in [1.29, 1.82) is 5.26 Å². The average Bonchev–Trinajstić information content (AvgIpc) is 2.65. The summed E-state index contributed by atoms with van der Waals surface area (Å²) in [6.45, 7) is 0.776. The number of nitrogens with zero attached hydrogens (tertiary/aromatic N) is 1. The lowest BCUT2D eigenvalue weighted by Crippen LogP contribution is -2.20. The van der Waals surface area contributed by atoms with Gasteiger partial charge in [0, 0.05) is 21.3 Å². The molecular formula is C10H10BrNOS. The fourth-order valence-corrected chi connectivity index (χ4v) is 3.23. The van der Waals surface area contributed by atoms with Crippen LogP contribution in [0.15, 0.2) is 15.9 Å². The van der Waals surface area contributed by atoms with E-state index in [0.29, 0.717) is 0 Å². The molecule has 1 fully saturated rings. The van der Waals surface area contributed by atoms with Crippen molar-refractivity contribution in [1.82, 2.24) is 0 Å². The molecule has 2 atom stereocenters. The summed E-state index contributed by atoms with van der Waals surface area (Å²) in [5, 5.41) is 11.0. The van der Waals surface area contributed by atoms with Crippen LogP contribution in [-0.4, -0.2) is 6.61 Å². The minimum Gasteiger partial charge on any atom is -0.371 e. The smallest absolute Gasteiger partial charge is 0.107 e. The van der Waals surface area contributed by atoms with Crippen LogP contribution in [0.5, 0.6) is 0 Å². The van der Waals surface area contributed by atoms with Crippen molar-refractivity contribution in [2.75, 3.05) is 6.61 Å². The van der Waals surface area contributed by atoms with Gasteiger partial charge in [0.05, 0.1) is 12.0 Å². The first-order chi connectivity index (χ1) is 6.81. The predicted octanol–water partition coefficient (Wildman–Crippen LogP) is 3.50. The Morgan fingerprint density at radius 2 is 2.50 bits per heavy atom. The molecule has 1 aromatic heterocycles. The van der Waals surface area contributed by atoms with E-state index in [1.807, 2.05) is 11.4 Å². The zero-order valence-corrected chi connectivity index (χ0v) is 9.97. The van der Waals surface area contributed by atoms with Gasteiger partial charge in [0.2, 0.25) is 0 Å². The monoisotopic (exact) mass is 271 g/mol. The largest absolute Gasteiger partial charge is 0.371 e. The fraction of sp³-hybridized carbons (Fsp3) is 0.500. The lowest BCUT2D eigenvalue weighted by molar-refractivity contribution is -0.00793. The first-order valence-corrected chi connectivity index (χ1v) is 6.23. The normalized spacial score (nSPS) is 27.1. The standard InChI is InChI=1S/C10H10BrNOS/c11-8-4-9(14-6-8)10-7(5-12)2-1-3-13-10/h4,6-7,10H,1-3H2. The van der Waals surface area contributed by atoms with Crippen molar-refractivity contribution in [3.8, 4) is 6.07 Å². The van der Waals surface area contributed by atoms with E-state index in [0.717, 1.165) is 28.8 Å². The maximum absolute atomic E-state index is 8.99. The molecule has 0 N–H and O–H groups in total. The molecule has 0 aromatic carbocycles. The van der Waals surface area contributed by atoms with Gasteiger partial charge in [0.25, 0.3) is 0 Å². The molecule has 74 valence electrons. The molecule has 1 aliphatic heterocycles. The molecule has 0 aliphatic carbocycles. The van der Waals surface area contributed by atoms with E-state index in [2.05, 4.69) is 22.0 Å². The van der Waals surface area contributed by atoms with Crippen LogP contribution in [-0.2, 0) is 4.74 Å². The minimum atomic E-state index is -0.00921. The summed E-state index contributed by atoms with van der Waals surface area (Å²) >= 11 is 5.06. The predicted molar refractivity (Wildman–Crippen MR) is 59.0 cm³/mol. The van der Waals surface area contributed by atoms with Crippen LogP contribution in [0.1, 0.15) is 23.8 Å². The summed E-state index contributed by atoms with van der Waals surface area (Å²) in [6.07, 6.45) is 1.95. The lowest BCUT2D eigenvalue weighted by Gasteiger charge is -2.26. The van der Waals surface area contributed by atoms with Gasteiger partial charge in [-0.2, -0.15) is 5.26 Å². The van der Waals surface area contributed by atoms with Crippen molar-refractivity contribution >= 4 is 27.3 Å². The van der Waals surface area contributed by atoms with Crippen LogP contribution in [0.2, 0.25) is 0 Å². The molecule has 4 heteroatoms. The Balaban J connectivity index is 2.19. The second kappa shape index (κ2) is 4.43. The number of nitriles is 1. The number of hydrogen-bond donors (Lipinski definition) is 0. The lowest BCUT2D eigenvalue weighted by atomic mass is 9.95. The van der Waals surface area contributed by atoms with Gasteiger partial charge >= 0.3 is 0 Å². The second-order valence-corrected chi connectivity index (χ2v) is 5.19. The van der Waals surface area contributed by atoms with Gasteiger partial charge in [-0.3, -0.25) is 0 Å². The van der Waals surface area contributed by atoms with Gasteiger partial charge in [0.15, 0.2) is 0 Å². The Morgan fingerprint density at radius 3 is 3.14 bits per heavy atom. The number of rotatable bonds is 1. The molecule has 0 spiro atoms. The highest BCUT2D eigenvalue weighted by Gasteiger charge is 2.28. The van der Waals surface area contributed by atoms with Gasteiger partial charge < -0.3 is 4.74 Å². The van der Waals surface area contributed by atoms with Crippen LogP contribution < -0.4 is 0 Å². The first kappa shape index (κ1) is 10.2. The highest BCUT2D eigenvalue weighted by molar-refractivity contribution is 9.10. The summed E-state index contributed by atoms with van der Waals surface area (Å²) in [7, 11) is 0. The highest BCUT2D eigenvalue weighted by atomic mass is 79.9. The van der Waals surface area contributed by atoms with Crippen molar-refractivity contribution in [3.63, 3.8) is 0 Å². The van der Waals surface area contributed by atoms with Gasteiger partial charge in [-0.15, -0.1) is 11.3 Å². The summed E-state index contributed by atoms with van der Waals surface area (Å²) in [5.74, 6) is 0.0225. The quantitative estimate of drug-likeness (QED) is 0.783. The summed E-state index contributed by atoms with van der Waals surface area (Å²) < 4.78 is 6.72. The fourth-order valence-electron chi connectivity index (χ4n) is 1.67. The molecule has 1 aliphatic rings. The molecule has 2 nitrogen and oxygen atoms in total. The number of thiophene rings is 1. The van der Waals surface area contributed by atoms with Crippen LogP contribution >= 0.6 is 27.3 Å². The Bertz CT molecular complexity index is 357. The van der Waals surface area contributed by atoms with Crippen molar-refractivity contribution in [2.45, 2.75) is 18.9 Å². The third-order valence-corrected chi connectivity index (χ3v) is 4.11. The third kappa shape index (κ3) is 2.00. The molecule has 0 amide bonds. The minimum absolute atomic E-state index is 0.00921. The van der Waals surface area contributed by atoms with Crippen LogP contribution in [0.4, 0.5) is 0 Å². The van der Waals surface area contributed by atoms with Gasteiger partial charge in [-0.1, -0.05) is 0 Å². The molecule has 0 radical (unpaired) electrons.